The van der Waals surface area contributed by atoms with E-state index in [4.69, 9.17) is 5.14 Å². The summed E-state index contributed by atoms with van der Waals surface area (Å²) >= 11 is -0.0198. The van der Waals surface area contributed by atoms with Crippen LogP contribution in [0.3, 0.4) is 0 Å². The van der Waals surface area contributed by atoms with Gasteiger partial charge in [-0.3, -0.25) is 0 Å². The van der Waals surface area contributed by atoms with Crippen molar-refractivity contribution in [2.24, 2.45) is 5.14 Å². The van der Waals surface area contributed by atoms with Gasteiger partial charge in [-0.2, -0.15) is 0 Å². The fourth-order valence-electron chi connectivity index (χ4n) is 3.65. The van der Waals surface area contributed by atoms with Crippen LogP contribution in [0.1, 0.15) is 48.8 Å². The molecular weight excluding hydrogens is 378 g/mol. The van der Waals surface area contributed by atoms with Crippen LogP contribution in [0.15, 0.2) is 52.3 Å². The van der Waals surface area contributed by atoms with Crippen LogP contribution in [0.25, 0.3) is 0 Å². The second-order valence-corrected chi connectivity index (χ2v) is 10.3. The van der Waals surface area contributed by atoms with Gasteiger partial charge in [-0.25, -0.2) is 8.42 Å². The second kappa shape index (κ2) is 9.73. The Hall–Kier alpha value is -1.34. The molecule has 0 saturated heterocycles. The van der Waals surface area contributed by atoms with Crippen LogP contribution < -0.4 is 5.14 Å². The maximum Gasteiger partial charge on any atom is 0.175 e. The summed E-state index contributed by atoms with van der Waals surface area (Å²) in [5.41, 5.74) is 2.00. The van der Waals surface area contributed by atoms with E-state index in [0.29, 0.717) is 11.1 Å². The van der Waals surface area contributed by atoms with E-state index >= 15 is 0 Å². The van der Waals surface area contributed by atoms with E-state index in [-0.39, 0.29) is 16.0 Å². The van der Waals surface area contributed by atoms with Crippen LogP contribution in [0, 0.1) is 20.8 Å². The van der Waals surface area contributed by atoms with Crippen molar-refractivity contribution in [2.75, 3.05) is 0 Å². The summed E-state index contributed by atoms with van der Waals surface area (Å²) in [5.74, 6) is 0. The molecule has 1 unspecified atom stereocenters. The molecule has 2 N–H and O–H groups in total. The standard InChI is InChI=1S/C12H18NS.C9H12O3S/c13-14(11-7-3-1-4-8-11)12-9-5-2-6-10-12;1-6-4-7(2)9(8(3)5-6)13(10,11)12/h1,3-4,7-8,12H,2,5-6,9-10,13H2;4-5H,1-3H3,(H,10,11,12)/q+1;/p-1. The summed E-state index contributed by atoms with van der Waals surface area (Å²) in [5, 5.41) is 7.04. The SMILES string of the molecule is Cc1cc(C)c(S(=O)(=O)[O-])c(C)c1.N[S+](c1ccccc1)C1CCCCC1. The zero-order chi connectivity index (χ0) is 20.0. The first-order valence-electron chi connectivity index (χ1n) is 9.26. The number of nitrogens with two attached hydrogens (primary N) is 1. The average molecular weight is 408 g/mol. The van der Waals surface area contributed by atoms with Gasteiger partial charge in [0.2, 0.25) is 0 Å². The lowest BCUT2D eigenvalue weighted by atomic mass is 10.0. The number of hydrogen-bond donors (Lipinski definition) is 1. The third-order valence-electron chi connectivity index (χ3n) is 4.78. The molecule has 148 valence electrons. The Kier molecular flexibility index (Phi) is 7.91. The van der Waals surface area contributed by atoms with E-state index in [1.807, 2.05) is 6.92 Å². The van der Waals surface area contributed by atoms with Gasteiger partial charge >= 0.3 is 0 Å². The molecule has 0 spiro atoms. The number of aryl methyl sites for hydroxylation is 3. The first-order chi connectivity index (χ1) is 12.7. The molecule has 0 aromatic heterocycles. The Labute approximate surface area is 166 Å². The normalized spacial score (nSPS) is 16.3. The van der Waals surface area contributed by atoms with Gasteiger partial charge < -0.3 is 4.55 Å². The minimum absolute atomic E-state index is 0.0198. The van der Waals surface area contributed by atoms with Crippen molar-refractivity contribution in [3.05, 3.63) is 59.2 Å². The van der Waals surface area contributed by atoms with Crippen LogP contribution >= 0.6 is 0 Å². The summed E-state index contributed by atoms with van der Waals surface area (Å²) < 4.78 is 32.5. The summed E-state index contributed by atoms with van der Waals surface area (Å²) in [7, 11) is -4.33. The van der Waals surface area contributed by atoms with Gasteiger partial charge in [0.25, 0.3) is 0 Å². The predicted molar refractivity (Wildman–Crippen MR) is 112 cm³/mol. The van der Waals surface area contributed by atoms with Crippen molar-refractivity contribution in [1.29, 1.82) is 0 Å². The molecule has 3 rings (SSSR count). The molecule has 1 saturated carbocycles. The van der Waals surface area contributed by atoms with Crippen LogP contribution in [0.2, 0.25) is 0 Å². The van der Waals surface area contributed by atoms with Crippen molar-refractivity contribution in [3.63, 3.8) is 0 Å². The minimum atomic E-state index is -4.33. The van der Waals surface area contributed by atoms with Crippen LogP contribution in [0.4, 0.5) is 0 Å². The van der Waals surface area contributed by atoms with E-state index in [1.165, 1.54) is 37.0 Å². The Morgan fingerprint density at radius 1 is 0.963 bits per heavy atom. The van der Waals surface area contributed by atoms with Gasteiger partial charge in [0.05, 0.1) is 4.90 Å². The van der Waals surface area contributed by atoms with Crippen LogP contribution in [0.5, 0.6) is 0 Å². The van der Waals surface area contributed by atoms with E-state index in [0.717, 1.165) is 10.8 Å². The molecule has 1 aliphatic carbocycles. The maximum absolute atomic E-state index is 10.8. The number of benzene rings is 2. The Morgan fingerprint density at radius 2 is 1.48 bits per heavy atom. The molecule has 0 radical (unpaired) electrons. The topological polar surface area (TPSA) is 83.2 Å². The molecule has 4 nitrogen and oxygen atoms in total. The molecule has 0 amide bonds. The third kappa shape index (κ3) is 6.35. The largest absolute Gasteiger partial charge is 0.744 e. The fourth-order valence-corrected chi connectivity index (χ4v) is 6.25. The predicted octanol–water partition coefficient (Wildman–Crippen LogP) is 4.39. The van der Waals surface area contributed by atoms with Gasteiger partial charge in [0.15, 0.2) is 4.90 Å². The van der Waals surface area contributed by atoms with E-state index in [2.05, 4.69) is 30.3 Å². The lowest BCUT2D eigenvalue weighted by Gasteiger charge is -2.18. The van der Waals surface area contributed by atoms with Crippen molar-refractivity contribution >= 4 is 21.2 Å². The molecule has 6 heteroatoms. The van der Waals surface area contributed by atoms with Crippen LogP contribution in [-0.2, 0) is 21.2 Å². The Morgan fingerprint density at radius 3 is 1.96 bits per heavy atom. The van der Waals surface area contributed by atoms with E-state index in [9.17, 15) is 13.0 Å². The minimum Gasteiger partial charge on any atom is -0.744 e. The molecule has 1 aliphatic rings. The highest BCUT2D eigenvalue weighted by Crippen LogP contribution is 2.27. The number of rotatable bonds is 3. The van der Waals surface area contributed by atoms with Crippen molar-refractivity contribution in [2.45, 2.75) is 67.9 Å². The van der Waals surface area contributed by atoms with Crippen molar-refractivity contribution < 1.29 is 13.0 Å². The highest BCUT2D eigenvalue weighted by Gasteiger charge is 2.30. The summed E-state index contributed by atoms with van der Waals surface area (Å²) in [6.07, 6.45) is 6.81. The fraction of sp³-hybridized carbons (Fsp3) is 0.429. The quantitative estimate of drug-likeness (QED) is 0.604. The van der Waals surface area contributed by atoms with E-state index in [1.54, 1.807) is 26.0 Å². The Bertz CT molecular complexity index is 822. The highest BCUT2D eigenvalue weighted by molar-refractivity contribution is 7.95. The lowest BCUT2D eigenvalue weighted by Crippen LogP contribution is -2.30. The van der Waals surface area contributed by atoms with Gasteiger partial charge in [-0.05, 0) is 69.7 Å². The Balaban J connectivity index is 0.000000194. The van der Waals surface area contributed by atoms with Crippen molar-refractivity contribution in [3.8, 4) is 0 Å². The molecule has 2 aromatic carbocycles. The summed E-state index contributed by atoms with van der Waals surface area (Å²) in [4.78, 5) is 1.25. The highest BCUT2D eigenvalue weighted by atomic mass is 32.2. The maximum atomic E-state index is 10.8. The van der Waals surface area contributed by atoms with Gasteiger partial charge in [-0.15, -0.1) is 5.14 Å². The van der Waals surface area contributed by atoms with Gasteiger partial charge in [0, 0.05) is 0 Å². The summed E-state index contributed by atoms with van der Waals surface area (Å²) in [6.45, 7) is 5.12. The molecule has 0 heterocycles. The first kappa shape index (κ1) is 22.0. The van der Waals surface area contributed by atoms with Gasteiger partial charge in [0.1, 0.15) is 26.4 Å². The third-order valence-corrected chi connectivity index (χ3v) is 7.93. The smallest absolute Gasteiger partial charge is 0.175 e. The first-order valence-corrected chi connectivity index (χ1v) is 12.0. The van der Waals surface area contributed by atoms with Crippen LogP contribution in [-0.4, -0.2) is 18.2 Å². The average Bonchev–Trinajstić information content (AvgIpc) is 2.61. The summed E-state index contributed by atoms with van der Waals surface area (Å²) in [6, 6.07) is 13.9. The molecular formula is C21H29NO3S2. The molecule has 0 aliphatic heterocycles. The molecule has 2 aromatic rings. The monoisotopic (exact) mass is 407 g/mol. The second-order valence-electron chi connectivity index (χ2n) is 7.13. The molecule has 1 fully saturated rings. The molecule has 1 atom stereocenters. The lowest BCUT2D eigenvalue weighted by molar-refractivity contribution is 0.462. The number of hydrogen-bond acceptors (Lipinski definition) is 4. The molecule has 0 bridgehead atoms. The van der Waals surface area contributed by atoms with Gasteiger partial charge in [-0.1, -0.05) is 42.3 Å². The zero-order valence-corrected chi connectivity index (χ0v) is 17.9. The molecule has 27 heavy (non-hydrogen) atoms. The van der Waals surface area contributed by atoms with Crippen molar-refractivity contribution in [1.82, 2.24) is 0 Å². The zero-order valence-electron chi connectivity index (χ0n) is 16.3. The van der Waals surface area contributed by atoms with E-state index < -0.39 is 10.1 Å².